The van der Waals surface area contributed by atoms with Gasteiger partial charge in [0.1, 0.15) is 11.7 Å². The largest absolute Gasteiger partial charge is 0.384 e. The molecule has 1 heterocycles. The Morgan fingerprint density at radius 1 is 1.03 bits per heavy atom. The maximum atomic E-state index is 13.3. The fourth-order valence-corrected chi connectivity index (χ4v) is 5.60. The molecule has 34 heavy (non-hydrogen) atoms. The number of nitrogen functional groups attached to an aromatic ring is 1. The zero-order chi connectivity index (χ0) is 24.3. The van der Waals surface area contributed by atoms with Gasteiger partial charge in [0.05, 0.1) is 21.6 Å². The molecule has 176 valence electrons. The molecule has 0 saturated heterocycles. The first-order valence-corrected chi connectivity index (χ1v) is 12.7. The minimum atomic E-state index is -3.67. The maximum Gasteiger partial charge on any atom is 0.264 e. The number of benzene rings is 3. The smallest absolute Gasteiger partial charge is 0.264 e. The minimum absolute atomic E-state index is 0.0594. The highest BCUT2D eigenvalue weighted by Crippen LogP contribution is 2.28. The van der Waals surface area contributed by atoms with Crippen molar-refractivity contribution in [3.8, 4) is 0 Å². The third-order valence-electron chi connectivity index (χ3n) is 5.91. The lowest BCUT2D eigenvalue weighted by molar-refractivity contribution is 0.590. The van der Waals surface area contributed by atoms with E-state index in [2.05, 4.69) is 4.57 Å². The van der Waals surface area contributed by atoms with Crippen LogP contribution in [0.5, 0.6) is 0 Å². The van der Waals surface area contributed by atoms with Crippen molar-refractivity contribution in [3.63, 3.8) is 0 Å². The summed E-state index contributed by atoms with van der Waals surface area (Å²) in [6, 6.07) is 21.8. The van der Waals surface area contributed by atoms with Crippen LogP contribution in [-0.2, 0) is 29.9 Å². The summed E-state index contributed by atoms with van der Waals surface area (Å²) in [7, 11) is -1.69. The lowest BCUT2D eigenvalue weighted by Crippen LogP contribution is -2.31. The van der Waals surface area contributed by atoms with Gasteiger partial charge < -0.3 is 10.3 Å². The first-order valence-electron chi connectivity index (χ1n) is 11.3. The molecule has 0 aliphatic carbocycles. The van der Waals surface area contributed by atoms with Crippen molar-refractivity contribution in [2.75, 3.05) is 10.8 Å². The molecule has 0 amide bonds. The molecule has 0 unspecified atom stereocenters. The third-order valence-corrected chi connectivity index (χ3v) is 7.75. The molecule has 0 fully saturated rings. The van der Waals surface area contributed by atoms with Gasteiger partial charge >= 0.3 is 0 Å². The van der Waals surface area contributed by atoms with Gasteiger partial charge in [-0.25, -0.2) is 13.4 Å². The van der Waals surface area contributed by atoms with E-state index in [9.17, 15) is 8.42 Å². The summed E-state index contributed by atoms with van der Waals surface area (Å²) in [4.78, 5) is 5.10. The average molecular weight is 476 g/mol. The molecule has 3 aromatic carbocycles. The molecule has 0 saturated carbocycles. The van der Waals surface area contributed by atoms with Crippen molar-refractivity contribution in [3.05, 3.63) is 89.7 Å². The molecule has 4 rings (SSSR count). The Balaban J connectivity index is 1.61. The van der Waals surface area contributed by atoms with Gasteiger partial charge in [-0.3, -0.25) is 9.71 Å². The van der Waals surface area contributed by atoms with E-state index in [4.69, 9.17) is 16.1 Å². The summed E-state index contributed by atoms with van der Waals surface area (Å²) in [6.45, 7) is 2.35. The SMILES string of the molecule is CCCN(c1ccc2c(c1)nc(CCc1ccc(C(=N)N)cc1)n2C)S(=O)(=O)c1ccccc1. The monoisotopic (exact) mass is 475 g/mol. The highest BCUT2D eigenvalue weighted by molar-refractivity contribution is 7.92. The minimum Gasteiger partial charge on any atom is -0.384 e. The highest BCUT2D eigenvalue weighted by Gasteiger charge is 2.24. The summed E-state index contributed by atoms with van der Waals surface area (Å²) in [5, 5.41) is 7.52. The van der Waals surface area contributed by atoms with Gasteiger partial charge in [0.25, 0.3) is 10.0 Å². The molecule has 0 aliphatic heterocycles. The molecular weight excluding hydrogens is 446 g/mol. The van der Waals surface area contributed by atoms with Gasteiger partial charge in [-0.2, -0.15) is 0 Å². The number of sulfonamides is 1. The second-order valence-electron chi connectivity index (χ2n) is 8.26. The van der Waals surface area contributed by atoms with Gasteiger partial charge in [0, 0.05) is 25.6 Å². The lowest BCUT2D eigenvalue weighted by atomic mass is 10.1. The number of anilines is 1. The number of rotatable bonds is 9. The van der Waals surface area contributed by atoms with Gasteiger partial charge in [-0.1, -0.05) is 49.4 Å². The number of hydrogen-bond donors (Lipinski definition) is 2. The molecule has 3 N–H and O–H groups in total. The van der Waals surface area contributed by atoms with E-state index in [-0.39, 0.29) is 10.7 Å². The zero-order valence-corrected chi connectivity index (χ0v) is 20.2. The molecule has 0 radical (unpaired) electrons. The van der Waals surface area contributed by atoms with Crippen molar-refractivity contribution >= 4 is 32.6 Å². The standard InChI is InChI=1S/C26H29N5O2S/c1-3-17-31(34(32,33)22-7-5-4-6-8-22)21-14-15-24-23(18-21)29-25(30(24)2)16-11-19-9-12-20(13-10-19)26(27)28/h4-10,12-15,18H,3,11,16-17H2,1-2H3,(H3,27,28). The first kappa shape index (κ1) is 23.5. The summed E-state index contributed by atoms with van der Waals surface area (Å²) < 4.78 is 30.2. The fraction of sp³-hybridized carbons (Fsp3) is 0.231. The van der Waals surface area contributed by atoms with Crippen LogP contribution >= 0.6 is 0 Å². The predicted molar refractivity (Wildman–Crippen MR) is 137 cm³/mol. The Labute approximate surface area is 200 Å². The number of hydrogen-bond acceptors (Lipinski definition) is 4. The summed E-state index contributed by atoms with van der Waals surface area (Å²) in [5.41, 5.74) is 9.72. The molecule has 1 aromatic heterocycles. The second-order valence-corrected chi connectivity index (χ2v) is 10.1. The normalized spacial score (nSPS) is 11.6. The summed E-state index contributed by atoms with van der Waals surface area (Å²) in [6.07, 6.45) is 2.23. The Kier molecular flexibility index (Phi) is 6.70. The van der Waals surface area contributed by atoms with E-state index in [1.807, 2.05) is 62.5 Å². The van der Waals surface area contributed by atoms with Gasteiger partial charge in [-0.05, 0) is 48.7 Å². The number of fused-ring (bicyclic) bond motifs is 1. The topological polar surface area (TPSA) is 105 Å². The lowest BCUT2D eigenvalue weighted by Gasteiger charge is -2.24. The number of aromatic nitrogens is 2. The van der Waals surface area contributed by atoms with E-state index >= 15 is 0 Å². The zero-order valence-electron chi connectivity index (χ0n) is 19.4. The van der Waals surface area contributed by atoms with Crippen LogP contribution < -0.4 is 10.0 Å². The highest BCUT2D eigenvalue weighted by atomic mass is 32.2. The fourth-order valence-electron chi connectivity index (χ4n) is 4.03. The van der Waals surface area contributed by atoms with Gasteiger partial charge in [0.15, 0.2) is 0 Å². The van der Waals surface area contributed by atoms with E-state index in [0.29, 0.717) is 24.2 Å². The van der Waals surface area contributed by atoms with Crippen LogP contribution in [0.4, 0.5) is 5.69 Å². The Hall–Kier alpha value is -3.65. The maximum absolute atomic E-state index is 13.3. The number of nitrogens with two attached hydrogens (primary N) is 1. The van der Waals surface area contributed by atoms with Crippen LogP contribution in [0.25, 0.3) is 11.0 Å². The summed E-state index contributed by atoms with van der Waals surface area (Å²) in [5.74, 6) is 0.986. The predicted octanol–water partition coefficient (Wildman–Crippen LogP) is 4.25. The van der Waals surface area contributed by atoms with E-state index in [1.54, 1.807) is 24.3 Å². The molecule has 8 heteroatoms. The van der Waals surface area contributed by atoms with Crippen LogP contribution in [-0.4, -0.2) is 30.3 Å². The van der Waals surface area contributed by atoms with Crippen molar-refractivity contribution in [2.24, 2.45) is 12.8 Å². The van der Waals surface area contributed by atoms with Crippen LogP contribution in [0.2, 0.25) is 0 Å². The average Bonchev–Trinajstić information content (AvgIpc) is 3.16. The Bertz CT molecular complexity index is 1410. The second kappa shape index (κ2) is 9.69. The molecule has 0 aliphatic rings. The first-order chi connectivity index (χ1) is 16.3. The van der Waals surface area contributed by atoms with Crippen LogP contribution in [0.3, 0.4) is 0 Å². The van der Waals surface area contributed by atoms with Crippen LogP contribution in [0.15, 0.2) is 77.7 Å². The Morgan fingerprint density at radius 2 is 1.74 bits per heavy atom. The van der Waals surface area contributed by atoms with E-state index in [1.165, 1.54) is 4.31 Å². The van der Waals surface area contributed by atoms with Crippen LogP contribution in [0.1, 0.15) is 30.3 Å². The number of amidine groups is 1. The van der Waals surface area contributed by atoms with Crippen molar-refractivity contribution in [1.82, 2.24) is 9.55 Å². The van der Waals surface area contributed by atoms with Gasteiger partial charge in [-0.15, -0.1) is 0 Å². The Morgan fingerprint density at radius 3 is 2.38 bits per heavy atom. The van der Waals surface area contributed by atoms with E-state index < -0.39 is 10.0 Å². The van der Waals surface area contributed by atoms with Crippen molar-refractivity contribution < 1.29 is 8.42 Å². The quantitative estimate of drug-likeness (QED) is 0.279. The summed E-state index contributed by atoms with van der Waals surface area (Å²) >= 11 is 0. The molecule has 0 bridgehead atoms. The molecule has 7 nitrogen and oxygen atoms in total. The number of imidazole rings is 1. The van der Waals surface area contributed by atoms with Gasteiger partial charge in [0.2, 0.25) is 0 Å². The number of nitrogens with one attached hydrogen (secondary N) is 1. The molecule has 0 atom stereocenters. The number of aryl methyl sites for hydroxylation is 3. The van der Waals surface area contributed by atoms with E-state index in [0.717, 1.165) is 35.3 Å². The van der Waals surface area contributed by atoms with Crippen LogP contribution in [0, 0.1) is 5.41 Å². The molecule has 4 aromatic rings. The van der Waals surface area contributed by atoms with Crippen molar-refractivity contribution in [2.45, 2.75) is 31.1 Å². The molecular formula is C26H29N5O2S. The third kappa shape index (κ3) is 4.68. The number of nitrogens with zero attached hydrogens (tertiary/aromatic N) is 3. The van der Waals surface area contributed by atoms with Crippen molar-refractivity contribution in [1.29, 1.82) is 5.41 Å². The molecule has 0 spiro atoms.